The summed E-state index contributed by atoms with van der Waals surface area (Å²) in [5.74, 6) is -0.00373. The van der Waals surface area contributed by atoms with Gasteiger partial charge in [0, 0.05) is 38.7 Å². The zero-order valence-corrected chi connectivity index (χ0v) is 16.4. The summed E-state index contributed by atoms with van der Waals surface area (Å²) in [7, 11) is 0. The van der Waals surface area contributed by atoms with Crippen molar-refractivity contribution in [1.29, 1.82) is 0 Å². The number of piperidine rings is 1. The molecule has 2 aliphatic heterocycles. The molecule has 6 heteroatoms. The fourth-order valence-electron chi connectivity index (χ4n) is 4.17. The first-order valence-corrected chi connectivity index (χ1v) is 9.81. The van der Waals surface area contributed by atoms with Gasteiger partial charge in [-0.15, -0.1) is 0 Å². The van der Waals surface area contributed by atoms with Crippen LogP contribution in [0.3, 0.4) is 0 Å². The number of amides is 2. The van der Waals surface area contributed by atoms with Crippen LogP contribution in [0.1, 0.15) is 35.8 Å². The van der Waals surface area contributed by atoms with E-state index in [-0.39, 0.29) is 12.0 Å². The van der Waals surface area contributed by atoms with Gasteiger partial charge in [0.1, 0.15) is 5.60 Å². The summed E-state index contributed by atoms with van der Waals surface area (Å²) in [6.45, 7) is 6.25. The Morgan fingerprint density at radius 1 is 1.18 bits per heavy atom. The predicted octanol–water partition coefficient (Wildman–Crippen LogP) is 3.50. The van der Waals surface area contributed by atoms with Crippen molar-refractivity contribution in [2.75, 3.05) is 26.2 Å². The van der Waals surface area contributed by atoms with Crippen molar-refractivity contribution in [3.05, 3.63) is 53.9 Å². The second-order valence-corrected chi connectivity index (χ2v) is 7.54. The second kappa shape index (κ2) is 7.26. The topological polar surface area (TPSA) is 62.7 Å². The van der Waals surface area contributed by atoms with Crippen LogP contribution in [0, 0.1) is 6.92 Å². The third-order valence-electron chi connectivity index (χ3n) is 5.82. The lowest BCUT2D eigenvalue weighted by Gasteiger charge is -2.37. The van der Waals surface area contributed by atoms with Crippen LogP contribution in [0.4, 0.5) is 4.79 Å². The van der Waals surface area contributed by atoms with Crippen LogP contribution in [0.25, 0.3) is 11.1 Å². The van der Waals surface area contributed by atoms with Crippen LogP contribution in [-0.2, 0) is 4.74 Å². The van der Waals surface area contributed by atoms with Gasteiger partial charge in [0.15, 0.2) is 0 Å². The Bertz CT molecular complexity index is 889. The largest absolute Gasteiger partial charge is 0.441 e. The van der Waals surface area contributed by atoms with E-state index in [0.717, 1.165) is 16.8 Å². The molecule has 146 valence electrons. The highest BCUT2D eigenvalue weighted by atomic mass is 16.6. The monoisotopic (exact) mass is 379 g/mol. The van der Waals surface area contributed by atoms with Crippen molar-refractivity contribution in [2.45, 2.75) is 32.3 Å². The summed E-state index contributed by atoms with van der Waals surface area (Å²) < 4.78 is 5.68. The van der Waals surface area contributed by atoms with Gasteiger partial charge >= 0.3 is 6.09 Å². The number of nitrogens with zero attached hydrogens (tertiary/aromatic N) is 3. The Labute approximate surface area is 165 Å². The number of hydrogen-bond acceptors (Lipinski definition) is 4. The van der Waals surface area contributed by atoms with E-state index in [2.05, 4.69) is 4.98 Å². The Hall–Kier alpha value is -2.89. The number of aryl methyl sites for hydroxylation is 1. The van der Waals surface area contributed by atoms with Gasteiger partial charge in [0.2, 0.25) is 0 Å². The van der Waals surface area contributed by atoms with E-state index >= 15 is 0 Å². The molecule has 2 saturated heterocycles. The van der Waals surface area contributed by atoms with Crippen molar-refractivity contribution in [2.24, 2.45) is 0 Å². The molecule has 0 atom stereocenters. The molecule has 0 N–H and O–H groups in total. The van der Waals surface area contributed by atoms with Crippen LogP contribution >= 0.6 is 0 Å². The van der Waals surface area contributed by atoms with Crippen LogP contribution in [-0.4, -0.2) is 58.6 Å². The molecular formula is C22H25N3O3. The number of benzene rings is 1. The molecule has 2 aliphatic rings. The molecule has 0 aliphatic carbocycles. The molecule has 6 nitrogen and oxygen atoms in total. The molecule has 2 fully saturated rings. The number of carbonyl (C=O) groups excluding carboxylic acids is 2. The number of ether oxygens (including phenoxy) is 1. The van der Waals surface area contributed by atoms with Crippen LogP contribution in [0.5, 0.6) is 0 Å². The van der Waals surface area contributed by atoms with E-state index < -0.39 is 5.60 Å². The van der Waals surface area contributed by atoms with Gasteiger partial charge in [-0.3, -0.25) is 9.78 Å². The van der Waals surface area contributed by atoms with Gasteiger partial charge in [-0.25, -0.2) is 4.79 Å². The third kappa shape index (κ3) is 3.23. The Morgan fingerprint density at radius 2 is 1.89 bits per heavy atom. The lowest BCUT2D eigenvalue weighted by atomic mass is 9.90. The van der Waals surface area contributed by atoms with E-state index in [1.165, 1.54) is 0 Å². The summed E-state index contributed by atoms with van der Waals surface area (Å²) in [4.78, 5) is 33.3. The first kappa shape index (κ1) is 18.5. The molecule has 0 bridgehead atoms. The van der Waals surface area contributed by atoms with E-state index in [9.17, 15) is 9.59 Å². The minimum Gasteiger partial charge on any atom is -0.441 e. The minimum absolute atomic E-state index is 0.00373. The lowest BCUT2D eigenvalue weighted by molar-refractivity contribution is 0.00314. The van der Waals surface area contributed by atoms with Gasteiger partial charge in [0.25, 0.3) is 5.91 Å². The fraction of sp³-hybridized carbons (Fsp3) is 0.409. The van der Waals surface area contributed by atoms with E-state index in [1.807, 2.05) is 55.1 Å². The highest BCUT2D eigenvalue weighted by molar-refractivity contribution is 6.01. The molecule has 1 aromatic carbocycles. The average Bonchev–Trinajstić information content (AvgIpc) is 3.03. The average molecular weight is 379 g/mol. The third-order valence-corrected chi connectivity index (χ3v) is 5.82. The van der Waals surface area contributed by atoms with Gasteiger partial charge in [0.05, 0.1) is 17.8 Å². The van der Waals surface area contributed by atoms with Crippen molar-refractivity contribution in [3.8, 4) is 11.1 Å². The Morgan fingerprint density at radius 3 is 2.54 bits per heavy atom. The van der Waals surface area contributed by atoms with Crippen LogP contribution in [0.2, 0.25) is 0 Å². The van der Waals surface area contributed by atoms with Gasteiger partial charge in [-0.2, -0.15) is 0 Å². The van der Waals surface area contributed by atoms with Gasteiger partial charge in [-0.1, -0.05) is 30.3 Å². The number of aromatic nitrogens is 1. The van der Waals surface area contributed by atoms with Crippen LogP contribution in [0.15, 0.2) is 42.6 Å². The molecule has 0 unspecified atom stereocenters. The molecule has 2 amide bonds. The fourth-order valence-corrected chi connectivity index (χ4v) is 4.17. The molecule has 1 aromatic heterocycles. The number of likely N-dealkylation sites (tertiary alicyclic amines) is 1. The normalized spacial score (nSPS) is 18.4. The van der Waals surface area contributed by atoms with Crippen molar-refractivity contribution in [1.82, 2.24) is 14.8 Å². The summed E-state index contributed by atoms with van der Waals surface area (Å²) in [5, 5.41) is 0. The molecule has 28 heavy (non-hydrogen) atoms. The minimum atomic E-state index is -0.448. The van der Waals surface area contributed by atoms with Crippen LogP contribution < -0.4 is 0 Å². The molecular weight excluding hydrogens is 354 g/mol. The zero-order valence-electron chi connectivity index (χ0n) is 16.4. The van der Waals surface area contributed by atoms with Crippen molar-refractivity contribution in [3.63, 3.8) is 0 Å². The highest BCUT2D eigenvalue weighted by Gasteiger charge is 2.47. The smallest absolute Gasteiger partial charge is 0.410 e. The summed E-state index contributed by atoms with van der Waals surface area (Å²) in [6, 6.07) is 11.8. The molecule has 2 aromatic rings. The molecule has 0 saturated carbocycles. The number of hydrogen-bond donors (Lipinski definition) is 0. The van der Waals surface area contributed by atoms with Crippen molar-refractivity contribution >= 4 is 12.0 Å². The van der Waals surface area contributed by atoms with E-state index in [0.29, 0.717) is 44.6 Å². The number of pyridine rings is 1. The molecule has 3 heterocycles. The first-order chi connectivity index (χ1) is 13.5. The van der Waals surface area contributed by atoms with Gasteiger partial charge < -0.3 is 14.5 Å². The summed E-state index contributed by atoms with van der Waals surface area (Å²) >= 11 is 0. The number of likely N-dealkylation sites (N-methyl/N-ethyl adjacent to an activating group) is 1. The predicted molar refractivity (Wildman–Crippen MR) is 106 cm³/mol. The maximum absolute atomic E-state index is 13.4. The highest BCUT2D eigenvalue weighted by Crippen LogP contribution is 2.34. The quantitative estimate of drug-likeness (QED) is 0.819. The summed E-state index contributed by atoms with van der Waals surface area (Å²) in [5.41, 5.74) is 2.85. The number of carbonyl (C=O) groups is 2. The SMILES string of the molecule is CCN1CC2(CCN(C(=O)c3c(-c4ccccc4)ccnc3C)CC2)OC1=O. The maximum Gasteiger partial charge on any atom is 0.410 e. The van der Waals surface area contributed by atoms with E-state index in [4.69, 9.17) is 4.74 Å². The van der Waals surface area contributed by atoms with Crippen molar-refractivity contribution < 1.29 is 14.3 Å². The summed E-state index contributed by atoms with van der Waals surface area (Å²) in [6.07, 6.45) is 2.84. The Balaban J connectivity index is 1.55. The Kier molecular flexibility index (Phi) is 4.79. The standard InChI is InChI=1S/C22H25N3O3/c1-3-24-15-22(28-21(24)27)10-13-25(14-11-22)20(26)19-16(2)23-12-9-18(19)17-7-5-4-6-8-17/h4-9,12H,3,10-11,13-15H2,1-2H3. The first-order valence-electron chi connectivity index (χ1n) is 9.81. The molecule has 1 spiro atoms. The second-order valence-electron chi connectivity index (χ2n) is 7.54. The van der Waals surface area contributed by atoms with Gasteiger partial charge in [-0.05, 0) is 31.0 Å². The lowest BCUT2D eigenvalue weighted by Crippen LogP contribution is -2.49. The number of rotatable bonds is 3. The molecule has 4 rings (SSSR count). The van der Waals surface area contributed by atoms with E-state index in [1.54, 1.807) is 11.1 Å². The maximum atomic E-state index is 13.4. The zero-order chi connectivity index (χ0) is 19.7. The molecule has 0 radical (unpaired) electrons.